The Bertz CT molecular complexity index is 200. The van der Waals surface area contributed by atoms with Crippen LogP contribution in [0.1, 0.15) is 6.42 Å². The highest BCUT2D eigenvalue weighted by molar-refractivity contribution is 5.92. The summed E-state index contributed by atoms with van der Waals surface area (Å²) in [6, 6.07) is 0. The van der Waals surface area contributed by atoms with Crippen molar-refractivity contribution in [3.63, 3.8) is 0 Å². The van der Waals surface area contributed by atoms with Gasteiger partial charge < -0.3 is 10.2 Å². The van der Waals surface area contributed by atoms with Gasteiger partial charge in [-0.05, 0) is 0 Å². The summed E-state index contributed by atoms with van der Waals surface area (Å²) in [6.07, 6.45) is -0.750. The average molecular weight is 177 g/mol. The molecule has 0 aliphatic rings. The molecule has 0 aliphatic heterocycles. The van der Waals surface area contributed by atoms with Crippen molar-refractivity contribution >= 4 is 17.8 Å². The van der Waals surface area contributed by atoms with E-state index < -0.39 is 30.9 Å². The summed E-state index contributed by atoms with van der Waals surface area (Å²) in [4.78, 5) is 34.2. The number of hydrogen-bond donors (Lipinski definition) is 3. The fourth-order valence-electron chi connectivity index (χ4n) is 0.352. The number of rotatable bonds is 5. The number of carbonyl (C=O) groups excluding carboxylic acids is 1. The minimum atomic E-state index is -1.31. The molecule has 0 aromatic rings. The van der Waals surface area contributed by atoms with Crippen LogP contribution in [0.4, 0.5) is 0 Å². The number of carboxylic acids is 2. The molecule has 0 spiro atoms. The van der Waals surface area contributed by atoms with Crippen LogP contribution in [0.5, 0.6) is 0 Å². The SMILES string of the molecule is O=C(O)CONC(=O)CC(=O)O. The lowest BCUT2D eigenvalue weighted by Gasteiger charge is -2.00. The largest absolute Gasteiger partial charge is 0.481 e. The Morgan fingerprint density at radius 1 is 1.17 bits per heavy atom. The Hall–Kier alpha value is -1.63. The first-order chi connectivity index (χ1) is 5.52. The van der Waals surface area contributed by atoms with Gasteiger partial charge in [0, 0.05) is 0 Å². The molecule has 0 unspecified atom stereocenters. The number of carbonyl (C=O) groups is 3. The quantitative estimate of drug-likeness (QED) is 0.351. The predicted octanol–water partition coefficient (Wildman–Crippen LogP) is -1.41. The van der Waals surface area contributed by atoms with Crippen molar-refractivity contribution in [1.82, 2.24) is 5.48 Å². The number of carboxylic acid groups (broad SMARTS) is 2. The van der Waals surface area contributed by atoms with Crippen molar-refractivity contribution < 1.29 is 29.4 Å². The third-order valence-corrected chi connectivity index (χ3v) is 0.693. The minimum Gasteiger partial charge on any atom is -0.481 e. The van der Waals surface area contributed by atoms with Crippen LogP contribution in [0.2, 0.25) is 0 Å². The molecule has 0 rings (SSSR count). The van der Waals surface area contributed by atoms with Gasteiger partial charge in [-0.3, -0.25) is 14.4 Å². The molecule has 68 valence electrons. The second-order valence-corrected chi connectivity index (χ2v) is 1.78. The molecule has 3 N–H and O–H groups in total. The van der Waals surface area contributed by atoms with Gasteiger partial charge in [0.25, 0.3) is 5.91 Å². The van der Waals surface area contributed by atoms with Crippen LogP contribution in [-0.2, 0) is 19.2 Å². The van der Waals surface area contributed by atoms with Gasteiger partial charge in [0.05, 0.1) is 0 Å². The third-order valence-electron chi connectivity index (χ3n) is 0.693. The van der Waals surface area contributed by atoms with Crippen LogP contribution in [-0.4, -0.2) is 34.7 Å². The van der Waals surface area contributed by atoms with Gasteiger partial charge in [0.15, 0.2) is 6.61 Å². The Morgan fingerprint density at radius 3 is 2.17 bits per heavy atom. The van der Waals surface area contributed by atoms with Crippen LogP contribution in [0.25, 0.3) is 0 Å². The zero-order valence-electron chi connectivity index (χ0n) is 5.94. The lowest BCUT2D eigenvalue weighted by Crippen LogP contribution is -2.28. The molecule has 7 heteroatoms. The van der Waals surface area contributed by atoms with Crippen molar-refractivity contribution in [2.75, 3.05) is 6.61 Å². The molecule has 0 aromatic carbocycles. The van der Waals surface area contributed by atoms with E-state index in [9.17, 15) is 14.4 Å². The normalized spacial score (nSPS) is 9.00. The molecule has 0 saturated heterocycles. The van der Waals surface area contributed by atoms with Crippen LogP contribution < -0.4 is 5.48 Å². The highest BCUT2D eigenvalue weighted by atomic mass is 16.7. The van der Waals surface area contributed by atoms with Crippen molar-refractivity contribution in [2.45, 2.75) is 6.42 Å². The summed E-state index contributed by atoms with van der Waals surface area (Å²) >= 11 is 0. The van der Waals surface area contributed by atoms with Gasteiger partial charge in [-0.1, -0.05) is 0 Å². The molecule has 12 heavy (non-hydrogen) atoms. The molecule has 0 aromatic heterocycles. The van der Waals surface area contributed by atoms with Crippen LogP contribution in [0.15, 0.2) is 0 Å². The molecule has 0 bridgehead atoms. The number of aliphatic carboxylic acids is 2. The van der Waals surface area contributed by atoms with Gasteiger partial charge >= 0.3 is 11.9 Å². The standard InChI is InChI=1S/C5H7NO6/c7-3(1-4(8)9)6-12-2-5(10)11/h1-2H2,(H,6,7)(H,8,9)(H,10,11). The van der Waals surface area contributed by atoms with E-state index in [2.05, 4.69) is 4.84 Å². The van der Waals surface area contributed by atoms with E-state index in [1.807, 2.05) is 0 Å². The van der Waals surface area contributed by atoms with Gasteiger partial charge in [0.2, 0.25) is 0 Å². The van der Waals surface area contributed by atoms with Crippen molar-refractivity contribution in [2.24, 2.45) is 0 Å². The lowest BCUT2D eigenvalue weighted by atomic mass is 10.4. The summed E-state index contributed by atoms with van der Waals surface area (Å²) < 4.78 is 0. The molecule has 0 radical (unpaired) electrons. The van der Waals surface area contributed by atoms with E-state index in [0.29, 0.717) is 0 Å². The zero-order valence-corrected chi connectivity index (χ0v) is 5.94. The molecule has 0 fully saturated rings. The minimum absolute atomic E-state index is 0.703. The van der Waals surface area contributed by atoms with Gasteiger partial charge in [-0.25, -0.2) is 10.3 Å². The molecule has 0 aliphatic carbocycles. The predicted molar refractivity (Wildman–Crippen MR) is 34.0 cm³/mol. The van der Waals surface area contributed by atoms with E-state index in [4.69, 9.17) is 10.2 Å². The summed E-state index contributed by atoms with van der Waals surface area (Å²) in [6.45, 7) is -0.703. The zero-order chi connectivity index (χ0) is 9.56. The summed E-state index contributed by atoms with van der Waals surface area (Å²) in [7, 11) is 0. The Labute approximate surface area is 66.9 Å². The maximum Gasteiger partial charge on any atom is 0.332 e. The van der Waals surface area contributed by atoms with Crippen LogP contribution in [0, 0.1) is 0 Å². The lowest BCUT2D eigenvalue weighted by molar-refractivity contribution is -0.151. The summed E-state index contributed by atoms with van der Waals surface area (Å²) in [5.74, 6) is -3.47. The summed E-state index contributed by atoms with van der Waals surface area (Å²) in [5, 5.41) is 16.1. The van der Waals surface area contributed by atoms with Gasteiger partial charge in [-0.2, -0.15) is 0 Å². The Balaban J connectivity index is 3.44. The molecule has 0 atom stereocenters. The molecule has 7 nitrogen and oxygen atoms in total. The highest BCUT2D eigenvalue weighted by Crippen LogP contribution is 1.79. The first-order valence-electron chi connectivity index (χ1n) is 2.86. The number of hydrogen-bond acceptors (Lipinski definition) is 4. The van der Waals surface area contributed by atoms with Crippen molar-refractivity contribution in [1.29, 1.82) is 0 Å². The number of nitrogens with one attached hydrogen (secondary N) is 1. The summed E-state index contributed by atoms with van der Waals surface area (Å²) in [5.41, 5.74) is 1.64. The first-order valence-corrected chi connectivity index (χ1v) is 2.86. The second kappa shape index (κ2) is 5.08. The van der Waals surface area contributed by atoms with E-state index in [-0.39, 0.29) is 0 Å². The number of hydroxylamine groups is 1. The monoisotopic (exact) mass is 177 g/mol. The molecular formula is C5H7NO6. The van der Waals surface area contributed by atoms with Crippen molar-refractivity contribution in [3.8, 4) is 0 Å². The van der Waals surface area contributed by atoms with E-state index >= 15 is 0 Å². The average Bonchev–Trinajstić information content (AvgIpc) is 1.84. The van der Waals surface area contributed by atoms with Crippen LogP contribution >= 0.6 is 0 Å². The fourth-order valence-corrected chi connectivity index (χ4v) is 0.352. The van der Waals surface area contributed by atoms with Gasteiger partial charge in [-0.15, -0.1) is 0 Å². The molecule has 0 heterocycles. The number of amides is 1. The third kappa shape index (κ3) is 6.49. The van der Waals surface area contributed by atoms with E-state index in [0.717, 1.165) is 0 Å². The molecular weight excluding hydrogens is 170 g/mol. The van der Waals surface area contributed by atoms with Crippen LogP contribution in [0.3, 0.4) is 0 Å². The molecule has 1 amide bonds. The second-order valence-electron chi connectivity index (χ2n) is 1.78. The highest BCUT2D eigenvalue weighted by Gasteiger charge is 2.07. The maximum atomic E-state index is 10.4. The maximum absolute atomic E-state index is 10.4. The molecule has 0 saturated carbocycles. The van der Waals surface area contributed by atoms with Gasteiger partial charge in [0.1, 0.15) is 6.42 Å². The Morgan fingerprint density at radius 2 is 1.75 bits per heavy atom. The van der Waals surface area contributed by atoms with Crippen molar-refractivity contribution in [3.05, 3.63) is 0 Å². The Kier molecular flexibility index (Phi) is 4.39. The first kappa shape index (κ1) is 10.4. The van der Waals surface area contributed by atoms with E-state index in [1.165, 1.54) is 0 Å². The smallest absolute Gasteiger partial charge is 0.332 e. The fraction of sp³-hybridized carbons (Fsp3) is 0.400. The topological polar surface area (TPSA) is 113 Å². The van der Waals surface area contributed by atoms with E-state index in [1.54, 1.807) is 5.48 Å².